The molecule has 0 unspecified atom stereocenters. The molecule has 0 amide bonds. The first-order chi connectivity index (χ1) is 9.15. The lowest BCUT2D eigenvalue weighted by atomic mass is 10.1. The van der Waals surface area contributed by atoms with Gasteiger partial charge in [-0.05, 0) is 31.3 Å². The first kappa shape index (κ1) is 15.8. The Balaban J connectivity index is 3.09. The van der Waals surface area contributed by atoms with Crippen LogP contribution in [0.15, 0.2) is 32.5 Å². The van der Waals surface area contributed by atoms with Crippen molar-refractivity contribution in [3.05, 3.63) is 33.7 Å². The van der Waals surface area contributed by atoms with Gasteiger partial charge in [0.2, 0.25) is 0 Å². The molecule has 1 aromatic carbocycles. The number of nitrogens with two attached hydrogens (primary N) is 1. The Hall–Kier alpha value is -1.24. The standard InChI is InChI=1S/C13H16N2O2S2/c1-9-4-11(17-3)10(7-16)5-12(9)19-13(6-15-2)18-8-14/h4-7H,2,8,14H2,1,3H3/b13-6+. The molecule has 1 rings (SSSR count). The summed E-state index contributed by atoms with van der Waals surface area (Å²) in [5.41, 5.74) is 7.08. The minimum Gasteiger partial charge on any atom is -0.496 e. The quantitative estimate of drug-likeness (QED) is 0.362. The molecule has 0 heterocycles. The first-order valence-electron chi connectivity index (χ1n) is 5.46. The van der Waals surface area contributed by atoms with Crippen LogP contribution >= 0.6 is 23.5 Å². The number of carbonyl (C=O) groups excluding carboxylic acids is 1. The van der Waals surface area contributed by atoms with Gasteiger partial charge in [-0.15, -0.1) is 11.8 Å². The largest absolute Gasteiger partial charge is 0.496 e. The molecule has 2 N–H and O–H groups in total. The lowest BCUT2D eigenvalue weighted by molar-refractivity contribution is 0.112. The summed E-state index contributed by atoms with van der Waals surface area (Å²) in [6, 6.07) is 3.65. The third-order valence-corrected chi connectivity index (χ3v) is 4.41. The Kier molecular flexibility index (Phi) is 6.69. The lowest BCUT2D eigenvalue weighted by Crippen LogP contribution is -1.94. The number of hydrogen-bond acceptors (Lipinski definition) is 6. The predicted octanol–water partition coefficient (Wildman–Crippen LogP) is 3.06. The summed E-state index contributed by atoms with van der Waals surface area (Å²) in [6.45, 7) is 5.40. The number of carbonyl (C=O) groups is 1. The Bertz CT molecular complexity index is 502. The van der Waals surface area contributed by atoms with E-state index in [1.807, 2.05) is 13.0 Å². The number of aliphatic imine (C=N–C) groups is 1. The van der Waals surface area contributed by atoms with Gasteiger partial charge in [-0.3, -0.25) is 9.79 Å². The van der Waals surface area contributed by atoms with Crippen molar-refractivity contribution in [3.8, 4) is 5.75 Å². The van der Waals surface area contributed by atoms with Gasteiger partial charge < -0.3 is 10.5 Å². The maximum Gasteiger partial charge on any atom is 0.153 e. The number of thioether (sulfide) groups is 2. The van der Waals surface area contributed by atoms with Crippen LogP contribution in [0.5, 0.6) is 5.75 Å². The van der Waals surface area contributed by atoms with E-state index in [1.54, 1.807) is 19.4 Å². The van der Waals surface area contributed by atoms with Crippen molar-refractivity contribution in [3.63, 3.8) is 0 Å². The van der Waals surface area contributed by atoms with Gasteiger partial charge in [-0.1, -0.05) is 11.8 Å². The summed E-state index contributed by atoms with van der Waals surface area (Å²) in [6.07, 6.45) is 2.44. The van der Waals surface area contributed by atoms with Crippen LogP contribution in [0, 0.1) is 6.92 Å². The van der Waals surface area contributed by atoms with Crippen molar-refractivity contribution < 1.29 is 9.53 Å². The molecule has 0 saturated heterocycles. The second-order valence-electron chi connectivity index (χ2n) is 3.52. The van der Waals surface area contributed by atoms with Crippen molar-refractivity contribution in [1.29, 1.82) is 0 Å². The maximum atomic E-state index is 11.0. The normalized spacial score (nSPS) is 11.2. The van der Waals surface area contributed by atoms with Gasteiger partial charge in [0.1, 0.15) is 5.75 Å². The average Bonchev–Trinajstić information content (AvgIpc) is 2.41. The van der Waals surface area contributed by atoms with Crippen molar-refractivity contribution in [1.82, 2.24) is 0 Å². The highest BCUT2D eigenvalue weighted by molar-refractivity contribution is 8.22. The molecular weight excluding hydrogens is 280 g/mol. The summed E-state index contributed by atoms with van der Waals surface area (Å²) in [5.74, 6) is 1.04. The number of methoxy groups -OCH3 is 1. The van der Waals surface area contributed by atoms with Crippen LogP contribution in [-0.2, 0) is 0 Å². The molecule has 0 radical (unpaired) electrons. The Labute approximate surface area is 121 Å². The van der Waals surface area contributed by atoms with E-state index in [1.165, 1.54) is 23.5 Å². The molecule has 102 valence electrons. The topological polar surface area (TPSA) is 64.7 Å². The van der Waals surface area contributed by atoms with Crippen LogP contribution in [0.2, 0.25) is 0 Å². The fourth-order valence-corrected chi connectivity index (χ4v) is 3.19. The van der Waals surface area contributed by atoms with E-state index < -0.39 is 0 Å². The average molecular weight is 296 g/mol. The molecule has 0 aliphatic rings. The Morgan fingerprint density at radius 3 is 2.84 bits per heavy atom. The van der Waals surface area contributed by atoms with E-state index >= 15 is 0 Å². The molecule has 0 aliphatic heterocycles. The molecule has 0 aromatic heterocycles. The van der Waals surface area contributed by atoms with E-state index in [0.717, 1.165) is 21.0 Å². The third kappa shape index (κ3) is 4.41. The Morgan fingerprint density at radius 1 is 1.58 bits per heavy atom. The highest BCUT2D eigenvalue weighted by Crippen LogP contribution is 2.38. The van der Waals surface area contributed by atoms with Crippen LogP contribution in [-0.4, -0.2) is 26.0 Å². The number of benzene rings is 1. The van der Waals surface area contributed by atoms with E-state index in [-0.39, 0.29) is 0 Å². The van der Waals surface area contributed by atoms with Crippen LogP contribution in [0.1, 0.15) is 15.9 Å². The minimum atomic E-state index is 0.462. The molecule has 0 spiro atoms. The lowest BCUT2D eigenvalue weighted by Gasteiger charge is -2.11. The number of ether oxygens (including phenoxy) is 1. The van der Waals surface area contributed by atoms with Gasteiger partial charge in [0, 0.05) is 17.0 Å². The number of aryl methyl sites for hydroxylation is 1. The predicted molar refractivity (Wildman–Crippen MR) is 83.3 cm³/mol. The zero-order valence-corrected chi connectivity index (χ0v) is 12.5. The molecule has 0 fully saturated rings. The zero-order chi connectivity index (χ0) is 14.3. The van der Waals surface area contributed by atoms with E-state index in [4.69, 9.17) is 10.5 Å². The van der Waals surface area contributed by atoms with Gasteiger partial charge in [0.05, 0.1) is 16.9 Å². The Morgan fingerprint density at radius 2 is 2.32 bits per heavy atom. The maximum absolute atomic E-state index is 11.0. The number of aldehydes is 1. The number of nitrogens with zero attached hydrogens (tertiary/aromatic N) is 1. The van der Waals surface area contributed by atoms with Crippen molar-refractivity contribution >= 4 is 36.5 Å². The minimum absolute atomic E-state index is 0.462. The molecular formula is C13H16N2O2S2. The zero-order valence-electron chi connectivity index (χ0n) is 10.9. The van der Waals surface area contributed by atoms with Crippen LogP contribution in [0.25, 0.3) is 0 Å². The highest BCUT2D eigenvalue weighted by Gasteiger charge is 2.10. The summed E-state index contributed by atoms with van der Waals surface area (Å²) >= 11 is 2.99. The molecule has 0 aliphatic carbocycles. The van der Waals surface area contributed by atoms with Crippen LogP contribution < -0.4 is 10.5 Å². The number of hydrogen-bond donors (Lipinski definition) is 1. The first-order valence-corrected chi connectivity index (χ1v) is 7.27. The van der Waals surface area contributed by atoms with Crippen LogP contribution in [0.3, 0.4) is 0 Å². The molecule has 0 saturated carbocycles. The monoisotopic (exact) mass is 296 g/mol. The summed E-state index contributed by atoms with van der Waals surface area (Å²) in [7, 11) is 1.55. The fraction of sp³-hybridized carbons (Fsp3) is 0.231. The summed E-state index contributed by atoms with van der Waals surface area (Å²) in [5, 5.41) is 0. The van der Waals surface area contributed by atoms with Crippen molar-refractivity contribution in [2.45, 2.75) is 11.8 Å². The smallest absolute Gasteiger partial charge is 0.153 e. The van der Waals surface area contributed by atoms with Gasteiger partial charge in [0.15, 0.2) is 6.29 Å². The van der Waals surface area contributed by atoms with E-state index in [2.05, 4.69) is 11.7 Å². The second-order valence-corrected chi connectivity index (χ2v) is 5.93. The highest BCUT2D eigenvalue weighted by atomic mass is 32.2. The fourth-order valence-electron chi connectivity index (χ4n) is 1.41. The van der Waals surface area contributed by atoms with E-state index in [0.29, 0.717) is 17.2 Å². The van der Waals surface area contributed by atoms with Crippen LogP contribution in [0.4, 0.5) is 0 Å². The van der Waals surface area contributed by atoms with Crippen molar-refractivity contribution in [2.75, 3.05) is 13.0 Å². The molecule has 19 heavy (non-hydrogen) atoms. The molecule has 0 bridgehead atoms. The third-order valence-electron chi connectivity index (χ3n) is 2.29. The molecule has 4 nitrogen and oxygen atoms in total. The molecule has 6 heteroatoms. The van der Waals surface area contributed by atoms with Gasteiger partial charge >= 0.3 is 0 Å². The van der Waals surface area contributed by atoms with Gasteiger partial charge in [-0.2, -0.15) is 0 Å². The molecule has 1 aromatic rings. The SMILES string of the molecule is C=N/C=C(\SCN)Sc1cc(C=O)c(OC)cc1C. The van der Waals surface area contributed by atoms with Gasteiger partial charge in [0.25, 0.3) is 0 Å². The summed E-state index contributed by atoms with van der Waals surface area (Å²) in [4.78, 5) is 15.8. The second kappa shape index (κ2) is 8.04. The molecule has 0 atom stereocenters. The van der Waals surface area contributed by atoms with E-state index in [9.17, 15) is 4.79 Å². The number of rotatable bonds is 7. The van der Waals surface area contributed by atoms with Gasteiger partial charge in [-0.25, -0.2) is 0 Å². The summed E-state index contributed by atoms with van der Waals surface area (Å²) < 4.78 is 6.10. The van der Waals surface area contributed by atoms with Crippen molar-refractivity contribution in [2.24, 2.45) is 10.7 Å².